The van der Waals surface area contributed by atoms with Crippen molar-refractivity contribution in [2.75, 3.05) is 0 Å². The molecule has 1 aliphatic heterocycles. The van der Waals surface area contributed by atoms with Gasteiger partial charge in [-0.15, -0.1) is 0 Å². The lowest BCUT2D eigenvalue weighted by Gasteiger charge is -2.36. The van der Waals surface area contributed by atoms with Gasteiger partial charge in [-0.2, -0.15) is 0 Å². The van der Waals surface area contributed by atoms with E-state index in [-0.39, 0.29) is 24.5 Å². The molecule has 4 atom stereocenters. The number of hydrogen-bond donors (Lipinski definition) is 1. The molecule has 1 aromatic carbocycles. The Balaban J connectivity index is 2.22. The maximum Gasteiger partial charge on any atom is 0.303 e. The summed E-state index contributed by atoms with van der Waals surface area (Å²) in [5.41, 5.74) is 1.06. The van der Waals surface area contributed by atoms with E-state index in [1.54, 1.807) is 0 Å². The molecule has 0 saturated carbocycles. The van der Waals surface area contributed by atoms with Crippen LogP contribution >= 0.6 is 11.6 Å². The molecule has 0 aromatic heterocycles. The number of carboxylic acids is 1. The van der Waals surface area contributed by atoms with Crippen LogP contribution in [0, 0.1) is 5.92 Å². The molecule has 0 aliphatic carbocycles. The van der Waals surface area contributed by atoms with Gasteiger partial charge in [0.1, 0.15) is 0 Å². The van der Waals surface area contributed by atoms with Gasteiger partial charge in [0.05, 0.1) is 18.6 Å². The fraction of sp³-hybridized carbons (Fsp3) is 0.562. The average Bonchev–Trinajstić information content (AvgIpc) is 2.35. The second-order valence-electron chi connectivity index (χ2n) is 5.74. The Kier molecular flexibility index (Phi) is 5.06. The third-order valence-corrected chi connectivity index (χ3v) is 4.25. The second-order valence-corrected chi connectivity index (χ2v) is 6.18. The molecule has 2 rings (SSSR count). The van der Waals surface area contributed by atoms with Crippen molar-refractivity contribution in [1.29, 1.82) is 0 Å². The lowest BCUT2D eigenvalue weighted by Crippen LogP contribution is -2.33. The van der Waals surface area contributed by atoms with Crippen LogP contribution in [-0.2, 0) is 9.53 Å². The maximum atomic E-state index is 11.2. The summed E-state index contributed by atoms with van der Waals surface area (Å²) in [5.74, 6) is -0.388. The highest BCUT2D eigenvalue weighted by Crippen LogP contribution is 2.38. The van der Waals surface area contributed by atoms with E-state index in [1.165, 1.54) is 0 Å². The van der Waals surface area contributed by atoms with E-state index in [2.05, 4.69) is 13.8 Å². The molecule has 1 saturated heterocycles. The highest BCUT2D eigenvalue weighted by Gasteiger charge is 2.32. The molecule has 0 spiro atoms. The van der Waals surface area contributed by atoms with Crippen LogP contribution in [0.5, 0.6) is 0 Å². The van der Waals surface area contributed by atoms with Crippen LogP contribution in [0.25, 0.3) is 0 Å². The molecule has 110 valence electrons. The number of carbonyl (C=O) groups is 1. The lowest BCUT2D eigenvalue weighted by atomic mass is 9.76. The first-order chi connectivity index (χ1) is 9.45. The summed E-state index contributed by atoms with van der Waals surface area (Å²) in [7, 11) is 0. The Bertz CT molecular complexity index is 447. The first kappa shape index (κ1) is 15.3. The van der Waals surface area contributed by atoms with E-state index in [0.29, 0.717) is 10.9 Å². The summed E-state index contributed by atoms with van der Waals surface area (Å²) < 4.78 is 5.76. The van der Waals surface area contributed by atoms with Crippen LogP contribution in [0.15, 0.2) is 24.3 Å². The van der Waals surface area contributed by atoms with E-state index in [0.717, 1.165) is 18.4 Å². The minimum atomic E-state index is -0.753. The van der Waals surface area contributed by atoms with Gasteiger partial charge in [0.2, 0.25) is 0 Å². The van der Waals surface area contributed by atoms with Gasteiger partial charge < -0.3 is 9.84 Å². The summed E-state index contributed by atoms with van der Waals surface area (Å²) in [5, 5.41) is 9.88. The van der Waals surface area contributed by atoms with E-state index >= 15 is 0 Å². The van der Waals surface area contributed by atoms with Crippen molar-refractivity contribution < 1.29 is 14.6 Å². The molecule has 20 heavy (non-hydrogen) atoms. The Morgan fingerprint density at radius 3 is 2.35 bits per heavy atom. The number of ether oxygens (including phenoxy) is 1. The molecular weight excluding hydrogens is 276 g/mol. The minimum absolute atomic E-state index is 0.0265. The highest BCUT2D eigenvalue weighted by molar-refractivity contribution is 6.30. The van der Waals surface area contributed by atoms with Crippen LogP contribution in [0.3, 0.4) is 0 Å². The van der Waals surface area contributed by atoms with Crippen molar-refractivity contribution in [3.05, 3.63) is 34.9 Å². The number of rotatable bonds is 4. The summed E-state index contributed by atoms with van der Waals surface area (Å²) in [6, 6.07) is 7.55. The summed E-state index contributed by atoms with van der Waals surface area (Å²) in [6.07, 6.45) is 2.35. The molecule has 0 amide bonds. The first-order valence-electron chi connectivity index (χ1n) is 7.08. The van der Waals surface area contributed by atoms with Crippen molar-refractivity contribution in [3.8, 4) is 0 Å². The first-order valence-corrected chi connectivity index (χ1v) is 7.46. The molecule has 3 nitrogen and oxygen atoms in total. The number of halogens is 1. The monoisotopic (exact) mass is 296 g/mol. The lowest BCUT2D eigenvalue weighted by molar-refractivity contribution is -0.138. The summed E-state index contributed by atoms with van der Waals surface area (Å²) in [6.45, 7) is 4.12. The van der Waals surface area contributed by atoms with Crippen molar-refractivity contribution in [2.45, 2.75) is 51.2 Å². The average molecular weight is 297 g/mol. The quantitative estimate of drug-likeness (QED) is 0.910. The summed E-state index contributed by atoms with van der Waals surface area (Å²) >= 11 is 5.92. The van der Waals surface area contributed by atoms with Crippen molar-refractivity contribution >= 4 is 17.6 Å². The third-order valence-electron chi connectivity index (χ3n) is 4.00. The molecule has 0 unspecified atom stereocenters. The van der Waals surface area contributed by atoms with Crippen LogP contribution in [-0.4, -0.2) is 23.3 Å². The molecule has 1 heterocycles. The zero-order valence-corrected chi connectivity index (χ0v) is 12.6. The second kappa shape index (κ2) is 6.59. The van der Waals surface area contributed by atoms with Gasteiger partial charge in [0.15, 0.2) is 0 Å². The number of benzene rings is 1. The fourth-order valence-corrected chi connectivity index (χ4v) is 3.37. The van der Waals surface area contributed by atoms with Gasteiger partial charge in [0, 0.05) is 5.02 Å². The zero-order valence-electron chi connectivity index (χ0n) is 11.9. The van der Waals surface area contributed by atoms with Crippen LogP contribution in [0.1, 0.15) is 44.6 Å². The minimum Gasteiger partial charge on any atom is -0.481 e. The number of aliphatic carboxylic acids is 1. The Hall–Kier alpha value is -1.06. The predicted octanol–water partition coefficient (Wildman–Crippen LogP) is 4.10. The highest BCUT2D eigenvalue weighted by atomic mass is 35.5. The normalized spacial score (nSPS) is 28.1. The molecule has 0 bridgehead atoms. The zero-order chi connectivity index (χ0) is 14.7. The smallest absolute Gasteiger partial charge is 0.303 e. The van der Waals surface area contributed by atoms with Gasteiger partial charge in [-0.05, 0) is 56.2 Å². The van der Waals surface area contributed by atoms with Crippen molar-refractivity contribution in [1.82, 2.24) is 0 Å². The van der Waals surface area contributed by atoms with Crippen LogP contribution in [0.2, 0.25) is 5.02 Å². The number of hydrogen-bond acceptors (Lipinski definition) is 2. The Morgan fingerprint density at radius 2 is 1.85 bits per heavy atom. The van der Waals surface area contributed by atoms with E-state index in [4.69, 9.17) is 16.3 Å². The van der Waals surface area contributed by atoms with Gasteiger partial charge in [-0.25, -0.2) is 0 Å². The van der Waals surface area contributed by atoms with Gasteiger partial charge in [-0.3, -0.25) is 4.79 Å². The Labute approximate surface area is 124 Å². The third kappa shape index (κ3) is 3.97. The topological polar surface area (TPSA) is 46.5 Å². The van der Waals surface area contributed by atoms with Crippen LogP contribution in [0.4, 0.5) is 0 Å². The molecule has 0 radical (unpaired) electrons. The van der Waals surface area contributed by atoms with Crippen molar-refractivity contribution in [2.24, 2.45) is 5.92 Å². The van der Waals surface area contributed by atoms with E-state index < -0.39 is 5.97 Å². The van der Waals surface area contributed by atoms with Crippen molar-refractivity contribution in [3.63, 3.8) is 0 Å². The molecule has 1 fully saturated rings. The molecular formula is C16H21ClO3. The van der Waals surface area contributed by atoms with Crippen LogP contribution < -0.4 is 0 Å². The summed E-state index contributed by atoms with van der Waals surface area (Å²) in [4.78, 5) is 11.2. The fourth-order valence-electron chi connectivity index (χ4n) is 3.24. The number of carboxylic acid groups (broad SMARTS) is 1. The largest absolute Gasteiger partial charge is 0.481 e. The van der Waals surface area contributed by atoms with Gasteiger partial charge in [0.25, 0.3) is 0 Å². The van der Waals surface area contributed by atoms with E-state index in [9.17, 15) is 9.90 Å². The molecule has 1 aliphatic rings. The standard InChI is InChI=1S/C16H21ClO3/c1-10-7-13(8-11(2)20-10)15(9-16(18)19)12-3-5-14(17)6-4-12/h3-6,10-11,13,15H,7-9H2,1-2H3,(H,18,19)/t10-,11+,13+,15-/m0/s1. The maximum absolute atomic E-state index is 11.2. The molecule has 4 heteroatoms. The molecule has 1 aromatic rings. The van der Waals surface area contributed by atoms with E-state index in [1.807, 2.05) is 24.3 Å². The SMILES string of the molecule is C[C@@H]1C[C@H]([C@@H](CC(=O)O)c2ccc(Cl)cc2)C[C@H](C)O1. The van der Waals surface area contributed by atoms with Gasteiger partial charge >= 0.3 is 5.97 Å². The molecule has 1 N–H and O–H groups in total. The Morgan fingerprint density at radius 1 is 1.30 bits per heavy atom. The van der Waals surface area contributed by atoms with Gasteiger partial charge in [-0.1, -0.05) is 23.7 Å². The predicted molar refractivity (Wildman–Crippen MR) is 79.2 cm³/mol.